The van der Waals surface area contributed by atoms with Crippen LogP contribution in [0.3, 0.4) is 0 Å². The summed E-state index contributed by atoms with van der Waals surface area (Å²) >= 11 is 4.10. The number of carboxylic acid groups (broad SMARTS) is 1. The second kappa shape index (κ2) is 13.1. The molecule has 2 rings (SSSR count). The van der Waals surface area contributed by atoms with E-state index in [9.17, 15) is 4.79 Å². The minimum Gasteiger partial charge on any atom is -0.478 e. The van der Waals surface area contributed by atoms with Crippen molar-refractivity contribution in [3.63, 3.8) is 0 Å². The van der Waals surface area contributed by atoms with Gasteiger partial charge < -0.3 is 9.84 Å². The van der Waals surface area contributed by atoms with Gasteiger partial charge in [0, 0.05) is 6.08 Å². The van der Waals surface area contributed by atoms with Crippen LogP contribution < -0.4 is 0 Å². The SMILES string of the molecule is CCCCCCSCC[C@H]1[C@@H](CCSCCC=CC(=O)O)[C@H]2CC[C@@H]1O2. The van der Waals surface area contributed by atoms with Crippen molar-refractivity contribution in [1.29, 1.82) is 0 Å². The third-order valence-electron chi connectivity index (χ3n) is 5.61. The van der Waals surface area contributed by atoms with E-state index in [1.807, 2.05) is 11.8 Å². The smallest absolute Gasteiger partial charge is 0.327 e. The van der Waals surface area contributed by atoms with Crippen LogP contribution in [0, 0.1) is 11.8 Å². The number of hydrogen-bond donors (Lipinski definition) is 1. The van der Waals surface area contributed by atoms with Gasteiger partial charge >= 0.3 is 5.97 Å². The molecule has 0 spiro atoms. The van der Waals surface area contributed by atoms with Crippen molar-refractivity contribution < 1.29 is 14.6 Å². The summed E-state index contributed by atoms with van der Waals surface area (Å²) in [6.45, 7) is 2.27. The summed E-state index contributed by atoms with van der Waals surface area (Å²) in [5, 5.41) is 8.58. The maximum Gasteiger partial charge on any atom is 0.327 e. The van der Waals surface area contributed by atoms with Gasteiger partial charge in [0.15, 0.2) is 0 Å². The summed E-state index contributed by atoms with van der Waals surface area (Å²) < 4.78 is 6.23. The predicted molar refractivity (Wildman–Crippen MR) is 114 cm³/mol. The lowest BCUT2D eigenvalue weighted by atomic mass is 9.76. The molecule has 2 aliphatic rings. The van der Waals surface area contributed by atoms with E-state index in [1.165, 1.54) is 74.7 Å². The average molecular weight is 401 g/mol. The molecule has 2 aliphatic heterocycles. The third-order valence-corrected chi connectivity index (χ3v) is 7.76. The van der Waals surface area contributed by atoms with Crippen molar-refractivity contribution in [2.45, 2.75) is 76.9 Å². The van der Waals surface area contributed by atoms with Crippen LogP contribution in [0.25, 0.3) is 0 Å². The van der Waals surface area contributed by atoms with E-state index in [2.05, 4.69) is 18.7 Å². The van der Waals surface area contributed by atoms with Gasteiger partial charge in [-0.15, -0.1) is 0 Å². The van der Waals surface area contributed by atoms with E-state index < -0.39 is 5.97 Å². The van der Waals surface area contributed by atoms with Crippen LogP contribution in [0.2, 0.25) is 0 Å². The van der Waals surface area contributed by atoms with Crippen LogP contribution >= 0.6 is 23.5 Å². The van der Waals surface area contributed by atoms with Crippen LogP contribution in [0.1, 0.15) is 64.7 Å². The second-order valence-corrected chi connectivity index (χ2v) is 9.96. The number of rotatable bonds is 15. The Kier molecular flexibility index (Phi) is 11.2. The number of carbonyl (C=O) groups is 1. The number of aliphatic carboxylic acids is 1. The summed E-state index contributed by atoms with van der Waals surface area (Å²) in [5.74, 6) is 5.52. The monoisotopic (exact) mass is 400 g/mol. The Balaban J connectivity index is 1.58. The van der Waals surface area contributed by atoms with E-state index in [0.717, 1.165) is 24.0 Å². The molecular weight excluding hydrogens is 364 g/mol. The molecule has 0 aromatic rings. The van der Waals surface area contributed by atoms with Crippen molar-refractivity contribution in [1.82, 2.24) is 0 Å². The van der Waals surface area contributed by atoms with Gasteiger partial charge in [-0.1, -0.05) is 32.3 Å². The number of carboxylic acids is 1. The Labute approximate surface area is 168 Å². The van der Waals surface area contributed by atoms with Crippen LogP contribution in [-0.2, 0) is 9.53 Å². The van der Waals surface area contributed by atoms with Gasteiger partial charge in [-0.25, -0.2) is 4.79 Å². The summed E-state index contributed by atoms with van der Waals surface area (Å²) in [7, 11) is 0. The molecule has 2 bridgehead atoms. The summed E-state index contributed by atoms with van der Waals surface area (Å²) in [6, 6.07) is 0. The number of hydrogen-bond acceptors (Lipinski definition) is 4. The molecule has 0 aromatic heterocycles. The molecule has 0 saturated carbocycles. The largest absolute Gasteiger partial charge is 0.478 e. The Morgan fingerprint density at radius 2 is 1.65 bits per heavy atom. The Bertz CT molecular complexity index is 427. The van der Waals surface area contributed by atoms with E-state index in [1.54, 1.807) is 6.08 Å². The molecule has 0 amide bonds. The highest BCUT2D eigenvalue weighted by Gasteiger charge is 2.47. The van der Waals surface area contributed by atoms with Gasteiger partial charge in [0.25, 0.3) is 0 Å². The second-order valence-electron chi connectivity index (χ2n) is 7.51. The first-order valence-electron chi connectivity index (χ1n) is 10.4. The third kappa shape index (κ3) is 7.85. The van der Waals surface area contributed by atoms with Crippen molar-refractivity contribution in [3.8, 4) is 0 Å². The lowest BCUT2D eigenvalue weighted by molar-refractivity contribution is -0.131. The number of unbranched alkanes of at least 4 members (excludes halogenated alkanes) is 3. The molecule has 2 heterocycles. The molecule has 2 saturated heterocycles. The quantitative estimate of drug-likeness (QED) is 0.285. The topological polar surface area (TPSA) is 46.5 Å². The maximum absolute atomic E-state index is 10.4. The van der Waals surface area contributed by atoms with Crippen molar-refractivity contribution in [2.75, 3.05) is 23.0 Å². The number of ether oxygens (including phenoxy) is 1. The number of fused-ring (bicyclic) bond motifs is 2. The molecule has 0 aromatic carbocycles. The zero-order valence-corrected chi connectivity index (χ0v) is 17.9. The molecule has 150 valence electrons. The summed E-state index contributed by atoms with van der Waals surface area (Å²) in [4.78, 5) is 10.4. The minimum atomic E-state index is -0.847. The standard InChI is InChI=1S/C21H36O3S2/c1-2-3-4-6-13-25-15-11-17-18(20-10-9-19(17)24-20)12-16-26-14-7-5-8-21(22)23/h5,8,17-20H,2-4,6-7,9-16H2,1H3,(H,22,23)/t17-,18+,19-,20+/m0/s1. The first-order chi connectivity index (χ1) is 12.7. The van der Waals surface area contributed by atoms with Crippen molar-refractivity contribution in [2.24, 2.45) is 11.8 Å². The predicted octanol–water partition coefficient (Wildman–Crippen LogP) is 5.64. The van der Waals surface area contributed by atoms with Crippen molar-refractivity contribution >= 4 is 29.5 Å². The highest BCUT2D eigenvalue weighted by atomic mass is 32.2. The Hall–Kier alpha value is -0.130. The fourth-order valence-electron chi connectivity index (χ4n) is 4.28. The van der Waals surface area contributed by atoms with E-state index >= 15 is 0 Å². The van der Waals surface area contributed by atoms with Gasteiger partial charge in [-0.3, -0.25) is 0 Å². The Morgan fingerprint density at radius 3 is 2.27 bits per heavy atom. The molecule has 1 N–H and O–H groups in total. The summed E-state index contributed by atoms with van der Waals surface area (Å²) in [5.41, 5.74) is 0. The molecule has 26 heavy (non-hydrogen) atoms. The van der Waals surface area contributed by atoms with Crippen LogP contribution in [-0.4, -0.2) is 46.3 Å². The van der Waals surface area contributed by atoms with Gasteiger partial charge in [0.2, 0.25) is 0 Å². The highest BCUT2D eigenvalue weighted by molar-refractivity contribution is 7.99. The summed E-state index contributed by atoms with van der Waals surface area (Å²) in [6.07, 6.45) is 15.5. The molecular formula is C21H36O3S2. The lowest BCUT2D eigenvalue weighted by Crippen LogP contribution is -2.28. The normalized spacial score (nSPS) is 27.6. The zero-order chi connectivity index (χ0) is 18.6. The maximum atomic E-state index is 10.4. The lowest BCUT2D eigenvalue weighted by Gasteiger charge is -2.28. The number of allylic oxidation sites excluding steroid dienone is 1. The Morgan fingerprint density at radius 1 is 1.00 bits per heavy atom. The van der Waals surface area contributed by atoms with E-state index in [-0.39, 0.29) is 0 Å². The van der Waals surface area contributed by atoms with Crippen LogP contribution in [0.5, 0.6) is 0 Å². The molecule has 0 unspecified atom stereocenters. The van der Waals surface area contributed by atoms with Gasteiger partial charge in [-0.05, 0) is 73.4 Å². The molecule has 2 fully saturated rings. The van der Waals surface area contributed by atoms with Crippen LogP contribution in [0.4, 0.5) is 0 Å². The van der Waals surface area contributed by atoms with Gasteiger partial charge in [0.1, 0.15) is 0 Å². The molecule has 4 atom stereocenters. The van der Waals surface area contributed by atoms with Gasteiger partial charge in [0.05, 0.1) is 12.2 Å². The van der Waals surface area contributed by atoms with E-state index in [0.29, 0.717) is 12.2 Å². The molecule has 5 heteroatoms. The first-order valence-corrected chi connectivity index (χ1v) is 12.7. The van der Waals surface area contributed by atoms with Crippen LogP contribution in [0.15, 0.2) is 12.2 Å². The molecule has 0 aliphatic carbocycles. The van der Waals surface area contributed by atoms with Gasteiger partial charge in [-0.2, -0.15) is 23.5 Å². The molecule has 0 radical (unpaired) electrons. The highest BCUT2D eigenvalue weighted by Crippen LogP contribution is 2.47. The fourth-order valence-corrected chi connectivity index (χ4v) is 6.28. The zero-order valence-electron chi connectivity index (χ0n) is 16.2. The average Bonchev–Trinajstić information content (AvgIpc) is 3.22. The van der Waals surface area contributed by atoms with Crippen molar-refractivity contribution in [3.05, 3.63) is 12.2 Å². The van der Waals surface area contributed by atoms with E-state index in [4.69, 9.17) is 9.84 Å². The fraction of sp³-hybridized carbons (Fsp3) is 0.857. The first kappa shape index (κ1) is 22.2. The minimum absolute atomic E-state index is 0.520. The number of thioether (sulfide) groups is 2. The molecule has 3 nitrogen and oxygen atoms in total.